The minimum absolute atomic E-state index is 0.0933. The van der Waals surface area contributed by atoms with Gasteiger partial charge in [0, 0.05) is 24.7 Å². The molecule has 132 valence electrons. The van der Waals surface area contributed by atoms with Crippen LogP contribution in [-0.4, -0.2) is 40.6 Å². The summed E-state index contributed by atoms with van der Waals surface area (Å²) in [4.78, 5) is 30.7. The Bertz CT molecular complexity index is 793. The van der Waals surface area contributed by atoms with E-state index in [9.17, 15) is 9.59 Å². The summed E-state index contributed by atoms with van der Waals surface area (Å²) in [7, 11) is 0. The van der Waals surface area contributed by atoms with Crippen molar-refractivity contribution in [3.63, 3.8) is 0 Å². The molecule has 0 spiro atoms. The van der Waals surface area contributed by atoms with Crippen LogP contribution >= 0.6 is 0 Å². The lowest BCUT2D eigenvalue weighted by Crippen LogP contribution is -2.36. The number of pyridine rings is 1. The molecule has 1 aromatic heterocycles. The summed E-state index contributed by atoms with van der Waals surface area (Å²) in [6.45, 7) is 6.40. The van der Waals surface area contributed by atoms with Gasteiger partial charge in [-0.1, -0.05) is 18.2 Å². The third-order valence-electron chi connectivity index (χ3n) is 4.10. The van der Waals surface area contributed by atoms with Gasteiger partial charge < -0.3 is 15.0 Å². The van der Waals surface area contributed by atoms with Crippen LogP contribution in [0.2, 0.25) is 0 Å². The first-order chi connectivity index (χ1) is 11.8. The van der Waals surface area contributed by atoms with Crippen LogP contribution in [-0.2, 0) is 9.53 Å². The molecule has 0 radical (unpaired) electrons. The molecule has 2 heterocycles. The van der Waals surface area contributed by atoms with Crippen LogP contribution in [0.1, 0.15) is 27.2 Å². The number of nitrogens with zero attached hydrogens (tertiary/aromatic N) is 2. The molecule has 25 heavy (non-hydrogen) atoms. The summed E-state index contributed by atoms with van der Waals surface area (Å²) in [5.74, 6) is -0.337. The standard InChI is InChI=1S/C19H23N3O3/c1-19(2,3)25-18(24)22-11-9-14(12-22)17(23)21-15-8-4-6-13-7-5-10-20-16(13)15/h4-8,10,14H,9,11-12H2,1-3H3,(H,21,23). The van der Waals surface area contributed by atoms with Crippen LogP contribution in [0.4, 0.5) is 10.5 Å². The monoisotopic (exact) mass is 341 g/mol. The molecular weight excluding hydrogens is 318 g/mol. The van der Waals surface area contributed by atoms with Crippen LogP contribution in [0.15, 0.2) is 36.5 Å². The van der Waals surface area contributed by atoms with E-state index in [0.717, 1.165) is 10.9 Å². The largest absolute Gasteiger partial charge is 0.444 e. The summed E-state index contributed by atoms with van der Waals surface area (Å²) in [5.41, 5.74) is 0.922. The molecule has 1 atom stereocenters. The van der Waals surface area contributed by atoms with E-state index in [-0.39, 0.29) is 17.9 Å². The van der Waals surface area contributed by atoms with Gasteiger partial charge in [0.2, 0.25) is 5.91 Å². The number of benzene rings is 1. The zero-order valence-corrected chi connectivity index (χ0v) is 14.8. The number of hydrogen-bond donors (Lipinski definition) is 1. The summed E-state index contributed by atoms with van der Waals surface area (Å²) in [6, 6.07) is 9.51. The van der Waals surface area contributed by atoms with Gasteiger partial charge in [-0.05, 0) is 39.3 Å². The number of aromatic nitrogens is 1. The smallest absolute Gasteiger partial charge is 0.410 e. The van der Waals surface area contributed by atoms with Gasteiger partial charge in [0.1, 0.15) is 5.60 Å². The Labute approximate surface area is 147 Å². The maximum atomic E-state index is 12.6. The number of fused-ring (bicyclic) bond motifs is 1. The first-order valence-corrected chi connectivity index (χ1v) is 8.46. The fourth-order valence-corrected chi connectivity index (χ4v) is 2.91. The third kappa shape index (κ3) is 4.07. The lowest BCUT2D eigenvalue weighted by atomic mass is 10.1. The van der Waals surface area contributed by atoms with Gasteiger partial charge in [0.15, 0.2) is 0 Å². The van der Waals surface area contributed by atoms with Crippen molar-refractivity contribution >= 4 is 28.6 Å². The molecule has 1 aromatic carbocycles. The average Bonchev–Trinajstić information content (AvgIpc) is 3.04. The molecule has 2 aromatic rings. The number of nitrogens with one attached hydrogen (secondary N) is 1. The van der Waals surface area contributed by atoms with E-state index in [1.807, 2.05) is 51.1 Å². The number of amides is 2. The average molecular weight is 341 g/mol. The molecule has 1 aliphatic heterocycles. The van der Waals surface area contributed by atoms with Crippen LogP contribution in [0.5, 0.6) is 0 Å². The molecule has 1 unspecified atom stereocenters. The molecule has 0 saturated carbocycles. The lowest BCUT2D eigenvalue weighted by Gasteiger charge is -2.24. The van der Waals surface area contributed by atoms with Crippen LogP contribution < -0.4 is 5.32 Å². The highest BCUT2D eigenvalue weighted by Crippen LogP contribution is 2.24. The van der Waals surface area contributed by atoms with Crippen LogP contribution in [0, 0.1) is 5.92 Å². The normalized spacial score (nSPS) is 17.6. The fourth-order valence-electron chi connectivity index (χ4n) is 2.91. The highest BCUT2D eigenvalue weighted by molar-refractivity contribution is 6.01. The first kappa shape index (κ1) is 17.2. The molecular formula is C19H23N3O3. The highest BCUT2D eigenvalue weighted by atomic mass is 16.6. The van der Waals surface area contributed by atoms with Gasteiger partial charge in [-0.15, -0.1) is 0 Å². The van der Waals surface area contributed by atoms with Crippen molar-refractivity contribution in [3.8, 4) is 0 Å². The van der Waals surface area contributed by atoms with Gasteiger partial charge in [-0.2, -0.15) is 0 Å². The van der Waals surface area contributed by atoms with Crippen molar-refractivity contribution in [2.24, 2.45) is 5.92 Å². The molecule has 1 fully saturated rings. The lowest BCUT2D eigenvalue weighted by molar-refractivity contribution is -0.119. The summed E-state index contributed by atoms with van der Waals surface area (Å²) in [5, 5.41) is 3.93. The summed E-state index contributed by atoms with van der Waals surface area (Å²) in [6.07, 6.45) is 1.97. The molecule has 1 aliphatic rings. The minimum atomic E-state index is -0.536. The molecule has 0 bridgehead atoms. The van der Waals surface area contributed by atoms with Gasteiger partial charge in [-0.25, -0.2) is 4.79 Å². The number of anilines is 1. The van der Waals surface area contributed by atoms with E-state index >= 15 is 0 Å². The molecule has 0 aliphatic carbocycles. The number of ether oxygens (including phenoxy) is 1. The maximum Gasteiger partial charge on any atom is 0.410 e. The molecule has 2 amide bonds. The quantitative estimate of drug-likeness (QED) is 0.908. The van der Waals surface area contributed by atoms with E-state index in [1.54, 1.807) is 11.1 Å². The Morgan fingerprint density at radius 2 is 2.00 bits per heavy atom. The molecule has 1 N–H and O–H groups in total. The summed E-state index contributed by atoms with van der Waals surface area (Å²) >= 11 is 0. The van der Waals surface area contributed by atoms with Crippen molar-refractivity contribution in [1.29, 1.82) is 0 Å². The molecule has 6 heteroatoms. The van der Waals surface area contributed by atoms with E-state index in [4.69, 9.17) is 4.74 Å². The van der Waals surface area contributed by atoms with E-state index in [2.05, 4.69) is 10.3 Å². The van der Waals surface area contributed by atoms with Gasteiger partial charge in [0.05, 0.1) is 17.1 Å². The number of carbonyl (C=O) groups is 2. The third-order valence-corrected chi connectivity index (χ3v) is 4.10. The predicted molar refractivity (Wildman–Crippen MR) is 96.3 cm³/mol. The Kier molecular flexibility index (Phi) is 4.61. The SMILES string of the molecule is CC(C)(C)OC(=O)N1CCC(C(=O)Nc2cccc3cccnc23)C1. The Hall–Kier alpha value is -2.63. The maximum absolute atomic E-state index is 12.6. The number of carbonyl (C=O) groups excluding carboxylic acids is 2. The van der Waals surface area contributed by atoms with E-state index in [1.165, 1.54) is 0 Å². The highest BCUT2D eigenvalue weighted by Gasteiger charge is 2.33. The van der Waals surface area contributed by atoms with Gasteiger partial charge in [0.25, 0.3) is 0 Å². The van der Waals surface area contributed by atoms with Gasteiger partial charge >= 0.3 is 6.09 Å². The number of likely N-dealkylation sites (tertiary alicyclic amines) is 1. The van der Waals surface area contributed by atoms with Gasteiger partial charge in [-0.3, -0.25) is 9.78 Å². The molecule has 6 nitrogen and oxygen atoms in total. The zero-order chi connectivity index (χ0) is 18.0. The van der Waals surface area contributed by atoms with Crippen molar-refractivity contribution in [2.45, 2.75) is 32.8 Å². The van der Waals surface area contributed by atoms with Crippen LogP contribution in [0.3, 0.4) is 0 Å². The Balaban J connectivity index is 1.65. The zero-order valence-electron chi connectivity index (χ0n) is 14.8. The van der Waals surface area contributed by atoms with E-state index in [0.29, 0.717) is 25.2 Å². The molecule has 1 saturated heterocycles. The van der Waals surface area contributed by atoms with Crippen molar-refractivity contribution in [3.05, 3.63) is 36.5 Å². The summed E-state index contributed by atoms with van der Waals surface area (Å²) < 4.78 is 5.37. The predicted octanol–water partition coefficient (Wildman–Crippen LogP) is 3.43. The number of hydrogen-bond acceptors (Lipinski definition) is 4. The second kappa shape index (κ2) is 6.70. The van der Waals surface area contributed by atoms with Crippen molar-refractivity contribution in [2.75, 3.05) is 18.4 Å². The second-order valence-corrected chi connectivity index (χ2v) is 7.28. The van der Waals surface area contributed by atoms with Crippen LogP contribution in [0.25, 0.3) is 10.9 Å². The fraction of sp³-hybridized carbons (Fsp3) is 0.421. The molecule has 3 rings (SSSR count). The number of rotatable bonds is 2. The second-order valence-electron chi connectivity index (χ2n) is 7.28. The van der Waals surface area contributed by atoms with Crippen molar-refractivity contribution < 1.29 is 14.3 Å². The number of para-hydroxylation sites is 1. The van der Waals surface area contributed by atoms with Crippen molar-refractivity contribution in [1.82, 2.24) is 9.88 Å². The Morgan fingerprint density at radius 1 is 1.24 bits per heavy atom. The topological polar surface area (TPSA) is 71.5 Å². The Morgan fingerprint density at radius 3 is 2.76 bits per heavy atom. The first-order valence-electron chi connectivity index (χ1n) is 8.46. The minimum Gasteiger partial charge on any atom is -0.444 e. The van der Waals surface area contributed by atoms with E-state index < -0.39 is 5.60 Å².